The number of aliphatic hydroxyl groups excluding tert-OH is 1. The molecule has 0 spiro atoms. The van der Waals surface area contributed by atoms with Gasteiger partial charge in [-0.3, -0.25) is 9.88 Å². The maximum atomic E-state index is 16.6. The van der Waals surface area contributed by atoms with Gasteiger partial charge in [0.15, 0.2) is 11.6 Å². The summed E-state index contributed by atoms with van der Waals surface area (Å²) in [6.45, 7) is 4.51. The van der Waals surface area contributed by atoms with Gasteiger partial charge >= 0.3 is 0 Å². The van der Waals surface area contributed by atoms with Crippen LogP contribution in [-0.2, 0) is 18.0 Å². The second kappa shape index (κ2) is 10.1. The lowest BCUT2D eigenvalue weighted by atomic mass is 9.94. The number of nitrogen functional groups attached to an aromatic ring is 1. The molecule has 3 aromatic heterocycles. The molecule has 13 heteroatoms. The van der Waals surface area contributed by atoms with Crippen molar-refractivity contribution in [2.75, 3.05) is 57.0 Å². The standard InChI is InChI=1S/C28H28F2N8O2S/c1-36-4-5-38(15(9-36)11-39)14-2-3-37(10-14)28-34-7-17-18-12-40-13-19(18)21(23(30)24(17)35-28)25-22-16(6-31)27(32)41-26(22)20(29)8-33-25/h7-8,14-15,39H,2-5,9-13,32H2,1H3/t14-,15+/m1/s1. The van der Waals surface area contributed by atoms with E-state index in [0.717, 1.165) is 49.2 Å². The Bertz CT molecular complexity index is 1740. The number of hydrogen-bond acceptors (Lipinski definition) is 11. The number of likely N-dealkylation sites (N-methyl/N-ethyl adjacent to an activating group) is 1. The summed E-state index contributed by atoms with van der Waals surface area (Å²) in [7, 11) is 2.06. The van der Waals surface area contributed by atoms with Crippen molar-refractivity contribution in [1.29, 1.82) is 5.26 Å². The van der Waals surface area contributed by atoms with Gasteiger partial charge in [-0.1, -0.05) is 0 Å². The fraction of sp³-hybridized carbons (Fsp3) is 0.429. The van der Waals surface area contributed by atoms with Gasteiger partial charge in [-0.2, -0.15) is 5.26 Å². The number of piperazine rings is 1. The first-order valence-corrected chi connectivity index (χ1v) is 14.4. The molecular weight excluding hydrogens is 550 g/mol. The van der Waals surface area contributed by atoms with Gasteiger partial charge in [-0.15, -0.1) is 11.3 Å². The van der Waals surface area contributed by atoms with Gasteiger partial charge in [0.1, 0.15) is 16.6 Å². The second-order valence-electron chi connectivity index (χ2n) is 10.9. The van der Waals surface area contributed by atoms with Crippen LogP contribution in [0.3, 0.4) is 0 Å². The summed E-state index contributed by atoms with van der Waals surface area (Å²) >= 11 is 0.946. The SMILES string of the molecule is CN1CCN([C@@H]2CCN(c3ncc4c5c(c(-c6ncc(F)c7sc(N)c(C#N)c67)c(F)c4n3)COC5)C2)[C@H](CO)C1. The minimum absolute atomic E-state index is 0.0725. The summed E-state index contributed by atoms with van der Waals surface area (Å²) in [6.07, 6.45) is 3.57. The Morgan fingerprint density at radius 2 is 2.00 bits per heavy atom. The van der Waals surface area contributed by atoms with E-state index >= 15 is 4.39 Å². The van der Waals surface area contributed by atoms with Crippen LogP contribution in [0.1, 0.15) is 23.1 Å². The predicted octanol–water partition coefficient (Wildman–Crippen LogP) is 2.86. The molecule has 6 heterocycles. The number of thiophene rings is 1. The van der Waals surface area contributed by atoms with Crippen molar-refractivity contribution in [3.63, 3.8) is 0 Å². The minimum atomic E-state index is -0.618. The van der Waals surface area contributed by atoms with Crippen molar-refractivity contribution >= 4 is 43.3 Å². The van der Waals surface area contributed by atoms with Crippen molar-refractivity contribution in [2.45, 2.75) is 31.7 Å². The molecule has 3 aliphatic rings. The maximum Gasteiger partial charge on any atom is 0.226 e. The number of anilines is 2. The van der Waals surface area contributed by atoms with E-state index in [-0.39, 0.29) is 69.3 Å². The van der Waals surface area contributed by atoms with Crippen LogP contribution < -0.4 is 10.6 Å². The van der Waals surface area contributed by atoms with E-state index in [0.29, 0.717) is 30.0 Å². The number of nitrogens with two attached hydrogens (primary N) is 1. The summed E-state index contributed by atoms with van der Waals surface area (Å²) in [5.74, 6) is -0.807. The molecule has 1 aromatic carbocycles. The van der Waals surface area contributed by atoms with Crippen molar-refractivity contribution in [3.8, 4) is 17.3 Å². The predicted molar refractivity (Wildman–Crippen MR) is 151 cm³/mol. The monoisotopic (exact) mass is 578 g/mol. The number of halogens is 2. The molecule has 0 amide bonds. The van der Waals surface area contributed by atoms with Crippen LogP contribution in [0.15, 0.2) is 12.4 Å². The van der Waals surface area contributed by atoms with Crippen LogP contribution in [-0.4, -0.2) is 88.3 Å². The molecule has 0 saturated carbocycles. The van der Waals surface area contributed by atoms with Crippen LogP contribution in [0, 0.1) is 23.0 Å². The molecular formula is C28H28F2N8O2S. The highest BCUT2D eigenvalue weighted by atomic mass is 32.1. The average Bonchev–Trinajstić information content (AvgIpc) is 3.73. The molecule has 3 aliphatic heterocycles. The third kappa shape index (κ3) is 4.12. The van der Waals surface area contributed by atoms with Crippen molar-refractivity contribution in [3.05, 3.63) is 40.7 Å². The lowest BCUT2D eigenvalue weighted by molar-refractivity contribution is 0.0266. The van der Waals surface area contributed by atoms with Gasteiger partial charge in [0.25, 0.3) is 0 Å². The van der Waals surface area contributed by atoms with Crippen LogP contribution in [0.4, 0.5) is 19.7 Å². The minimum Gasteiger partial charge on any atom is -0.395 e. The van der Waals surface area contributed by atoms with Crippen LogP contribution in [0.25, 0.3) is 32.2 Å². The van der Waals surface area contributed by atoms with Gasteiger partial charge < -0.3 is 25.4 Å². The molecule has 2 saturated heterocycles. The maximum absolute atomic E-state index is 16.6. The molecule has 7 rings (SSSR count). The number of fused-ring (bicyclic) bond motifs is 4. The van der Waals surface area contributed by atoms with E-state index in [1.165, 1.54) is 0 Å². The van der Waals surface area contributed by atoms with E-state index in [1.54, 1.807) is 6.20 Å². The molecule has 0 unspecified atom stereocenters. The van der Waals surface area contributed by atoms with E-state index in [4.69, 9.17) is 15.5 Å². The molecule has 212 valence electrons. The molecule has 41 heavy (non-hydrogen) atoms. The first-order chi connectivity index (χ1) is 19.9. The van der Waals surface area contributed by atoms with Crippen molar-refractivity contribution in [2.24, 2.45) is 0 Å². The Morgan fingerprint density at radius 3 is 2.80 bits per heavy atom. The molecule has 0 radical (unpaired) electrons. The van der Waals surface area contributed by atoms with Crippen LogP contribution in [0.5, 0.6) is 0 Å². The van der Waals surface area contributed by atoms with Gasteiger partial charge in [0.2, 0.25) is 5.95 Å². The third-order valence-corrected chi connectivity index (χ3v) is 9.62. The number of nitriles is 1. The van der Waals surface area contributed by atoms with Crippen molar-refractivity contribution < 1.29 is 18.6 Å². The highest BCUT2D eigenvalue weighted by Gasteiger charge is 2.36. The summed E-state index contributed by atoms with van der Waals surface area (Å²) in [5.41, 5.74) is 7.89. The quantitative estimate of drug-likeness (QED) is 0.373. The van der Waals surface area contributed by atoms with E-state index < -0.39 is 11.6 Å². The number of aliphatic hydroxyl groups is 1. The number of benzene rings is 1. The third-order valence-electron chi connectivity index (χ3n) is 8.59. The number of rotatable bonds is 4. The summed E-state index contributed by atoms with van der Waals surface area (Å²) < 4.78 is 37.2. The number of ether oxygens (including phenoxy) is 1. The fourth-order valence-electron chi connectivity index (χ4n) is 6.55. The molecule has 2 fully saturated rings. The lowest BCUT2D eigenvalue weighted by Crippen LogP contribution is -2.57. The molecule has 0 aliphatic carbocycles. The molecule has 4 aromatic rings. The molecule has 10 nitrogen and oxygen atoms in total. The summed E-state index contributed by atoms with van der Waals surface area (Å²) in [4.78, 5) is 20.3. The van der Waals surface area contributed by atoms with Gasteiger partial charge in [0, 0.05) is 67.3 Å². The first kappa shape index (κ1) is 26.4. The average molecular weight is 579 g/mol. The Morgan fingerprint density at radius 1 is 1.17 bits per heavy atom. The fourth-order valence-corrected chi connectivity index (χ4v) is 7.47. The van der Waals surface area contributed by atoms with E-state index in [1.807, 2.05) is 6.07 Å². The normalized spacial score (nSPS) is 21.7. The van der Waals surface area contributed by atoms with E-state index in [2.05, 4.69) is 31.7 Å². The Labute approximate surface area is 238 Å². The first-order valence-electron chi connectivity index (χ1n) is 13.5. The number of aromatic nitrogens is 3. The largest absolute Gasteiger partial charge is 0.395 e. The zero-order chi connectivity index (χ0) is 28.4. The highest BCUT2D eigenvalue weighted by Crippen LogP contribution is 2.45. The van der Waals surface area contributed by atoms with Gasteiger partial charge in [-0.25, -0.2) is 18.7 Å². The smallest absolute Gasteiger partial charge is 0.226 e. The van der Waals surface area contributed by atoms with Crippen molar-refractivity contribution in [1.82, 2.24) is 24.8 Å². The van der Waals surface area contributed by atoms with Gasteiger partial charge in [0.05, 0.1) is 42.0 Å². The molecule has 2 atom stereocenters. The molecule has 3 N–H and O–H groups in total. The Balaban J connectivity index is 1.32. The Kier molecular flexibility index (Phi) is 6.48. The lowest BCUT2D eigenvalue weighted by Gasteiger charge is -2.42. The molecule has 0 bridgehead atoms. The Hall–Kier alpha value is -3.54. The zero-order valence-corrected chi connectivity index (χ0v) is 23.2. The van der Waals surface area contributed by atoms with E-state index in [9.17, 15) is 14.8 Å². The van der Waals surface area contributed by atoms with Crippen LogP contribution in [0.2, 0.25) is 0 Å². The number of hydrogen-bond donors (Lipinski definition) is 2. The number of pyridine rings is 1. The van der Waals surface area contributed by atoms with Gasteiger partial charge in [-0.05, 0) is 24.6 Å². The van der Waals surface area contributed by atoms with Crippen LogP contribution >= 0.6 is 11.3 Å². The second-order valence-corrected chi connectivity index (χ2v) is 12.0. The highest BCUT2D eigenvalue weighted by molar-refractivity contribution is 7.23. The zero-order valence-electron chi connectivity index (χ0n) is 22.4. The summed E-state index contributed by atoms with van der Waals surface area (Å²) in [6, 6.07) is 2.35. The topological polar surface area (TPSA) is 128 Å². The number of nitrogens with zero attached hydrogens (tertiary/aromatic N) is 7. The summed E-state index contributed by atoms with van der Waals surface area (Å²) in [5, 5.41) is 20.7.